The molecular formula is C50H101N2O6P. The van der Waals surface area contributed by atoms with Crippen LogP contribution in [0.4, 0.5) is 0 Å². The average Bonchev–Trinajstić information content (AvgIpc) is 3.22. The fourth-order valence-electron chi connectivity index (χ4n) is 7.96. The minimum Gasteiger partial charge on any atom is -0.387 e. The molecule has 0 saturated carbocycles. The smallest absolute Gasteiger partial charge is 0.387 e. The van der Waals surface area contributed by atoms with Crippen LogP contribution in [0.3, 0.4) is 0 Å². The number of rotatable bonds is 49. The summed E-state index contributed by atoms with van der Waals surface area (Å²) < 4.78 is 22.2. The molecule has 0 saturated heterocycles. The van der Waals surface area contributed by atoms with Gasteiger partial charge in [0.1, 0.15) is 0 Å². The molecule has 3 atom stereocenters. The molecule has 0 heterocycles. The number of hydrogen-bond donors (Lipinski definition) is 4. The van der Waals surface area contributed by atoms with Crippen LogP contribution >= 0.6 is 7.82 Å². The number of aliphatic hydroxyl groups is 1. The third kappa shape index (κ3) is 45.1. The number of phosphoric acid groups is 1. The van der Waals surface area contributed by atoms with Crippen molar-refractivity contribution >= 4 is 13.7 Å². The Labute approximate surface area is 366 Å². The highest BCUT2D eigenvalue weighted by atomic mass is 31.2. The maximum absolute atomic E-state index is 12.8. The first-order valence-electron chi connectivity index (χ1n) is 25.8. The van der Waals surface area contributed by atoms with Crippen LogP contribution in [0.15, 0.2) is 12.2 Å². The average molecular weight is 857 g/mol. The molecule has 0 bridgehead atoms. The molecule has 1 unspecified atom stereocenters. The molecule has 1 amide bonds. The van der Waals surface area contributed by atoms with Crippen LogP contribution in [0.25, 0.3) is 0 Å². The number of nitrogens with two attached hydrogens (primary N) is 1. The van der Waals surface area contributed by atoms with E-state index < -0.39 is 20.0 Å². The highest BCUT2D eigenvalue weighted by Crippen LogP contribution is 2.43. The van der Waals surface area contributed by atoms with E-state index in [0.29, 0.717) is 6.42 Å². The Morgan fingerprint density at radius 3 is 1.20 bits per heavy atom. The van der Waals surface area contributed by atoms with Crippen LogP contribution in [-0.2, 0) is 18.4 Å². The Balaban J connectivity index is 3.96. The maximum atomic E-state index is 12.8. The highest BCUT2D eigenvalue weighted by Gasteiger charge is 2.26. The van der Waals surface area contributed by atoms with Crippen molar-refractivity contribution in [2.75, 3.05) is 19.8 Å². The summed E-state index contributed by atoms with van der Waals surface area (Å²) in [6.45, 7) is 4.17. The zero-order valence-corrected chi connectivity index (χ0v) is 40.2. The minimum atomic E-state index is -4.34. The normalized spacial score (nSPS) is 13.9. The molecular weight excluding hydrogens is 756 g/mol. The van der Waals surface area contributed by atoms with Crippen LogP contribution in [-0.4, -0.2) is 47.8 Å². The first kappa shape index (κ1) is 58.2. The molecule has 59 heavy (non-hydrogen) atoms. The second kappa shape index (κ2) is 46.7. The number of nitrogens with one attached hydrogen (secondary N) is 1. The van der Waals surface area contributed by atoms with E-state index in [1.807, 2.05) is 6.08 Å². The van der Waals surface area contributed by atoms with Gasteiger partial charge in [-0.25, -0.2) is 4.57 Å². The van der Waals surface area contributed by atoms with Crippen molar-refractivity contribution in [2.24, 2.45) is 5.73 Å². The van der Waals surface area contributed by atoms with E-state index in [0.717, 1.165) is 38.5 Å². The van der Waals surface area contributed by atoms with Crippen LogP contribution in [0.5, 0.6) is 0 Å². The molecule has 0 spiro atoms. The van der Waals surface area contributed by atoms with Gasteiger partial charge in [0.2, 0.25) is 5.91 Å². The van der Waals surface area contributed by atoms with Gasteiger partial charge in [-0.1, -0.05) is 257 Å². The summed E-state index contributed by atoms with van der Waals surface area (Å²) in [5.74, 6) is -0.188. The molecule has 5 N–H and O–H groups in total. The summed E-state index contributed by atoms with van der Waals surface area (Å²) in [5, 5.41) is 13.7. The number of phosphoric ester groups is 1. The Morgan fingerprint density at radius 1 is 0.542 bits per heavy atom. The summed E-state index contributed by atoms with van der Waals surface area (Å²) in [6.07, 6.45) is 54.3. The Kier molecular flexibility index (Phi) is 46.1. The molecule has 0 fully saturated rings. The van der Waals surface area contributed by atoms with Crippen molar-refractivity contribution in [3.8, 4) is 0 Å². The topological polar surface area (TPSA) is 131 Å². The van der Waals surface area contributed by atoms with Crippen LogP contribution in [0, 0.1) is 0 Å². The lowest BCUT2D eigenvalue weighted by Gasteiger charge is -2.23. The number of aliphatic hydroxyl groups excluding tert-OH is 1. The first-order chi connectivity index (χ1) is 28.9. The first-order valence-corrected chi connectivity index (χ1v) is 27.3. The highest BCUT2D eigenvalue weighted by molar-refractivity contribution is 7.47. The monoisotopic (exact) mass is 857 g/mol. The summed E-state index contributed by atoms with van der Waals surface area (Å²) in [5.41, 5.74) is 5.39. The number of amides is 1. The number of hydrogen-bond acceptors (Lipinski definition) is 6. The van der Waals surface area contributed by atoms with Crippen LogP contribution in [0.2, 0.25) is 0 Å². The van der Waals surface area contributed by atoms with Crippen molar-refractivity contribution in [2.45, 2.75) is 283 Å². The Hall–Kier alpha value is -0.760. The van der Waals surface area contributed by atoms with Gasteiger partial charge >= 0.3 is 7.82 Å². The van der Waals surface area contributed by atoms with Gasteiger partial charge in [0.15, 0.2) is 0 Å². The zero-order chi connectivity index (χ0) is 43.2. The lowest BCUT2D eigenvalue weighted by molar-refractivity contribution is -0.123. The SMILES string of the molecule is CCCCCCCCCCCCCC/C=C/[C@@H](O)[C@H](COP(=O)(O)OCCN)NC(=O)CCCCCCCCCCCCCCCCCCCCCCCCCCCC. The van der Waals surface area contributed by atoms with Crippen molar-refractivity contribution < 1.29 is 28.4 Å². The zero-order valence-electron chi connectivity index (χ0n) is 39.3. The largest absolute Gasteiger partial charge is 0.472 e. The predicted molar refractivity (Wildman–Crippen MR) is 254 cm³/mol. The fourth-order valence-corrected chi connectivity index (χ4v) is 8.72. The quantitative estimate of drug-likeness (QED) is 0.0272. The Morgan fingerprint density at radius 2 is 0.864 bits per heavy atom. The van der Waals surface area contributed by atoms with Gasteiger partial charge in [0.05, 0.1) is 25.4 Å². The van der Waals surface area contributed by atoms with Crippen molar-refractivity contribution in [3.63, 3.8) is 0 Å². The molecule has 0 aromatic heterocycles. The number of carbonyl (C=O) groups is 1. The van der Waals surface area contributed by atoms with Crippen molar-refractivity contribution in [3.05, 3.63) is 12.2 Å². The maximum Gasteiger partial charge on any atom is 0.472 e. The van der Waals surface area contributed by atoms with Gasteiger partial charge in [-0.15, -0.1) is 0 Å². The van der Waals surface area contributed by atoms with E-state index >= 15 is 0 Å². The molecule has 0 aliphatic heterocycles. The van der Waals surface area contributed by atoms with Gasteiger partial charge in [0.25, 0.3) is 0 Å². The van der Waals surface area contributed by atoms with E-state index in [-0.39, 0.29) is 25.7 Å². The summed E-state index contributed by atoms with van der Waals surface area (Å²) in [6, 6.07) is -0.855. The second-order valence-electron chi connectivity index (χ2n) is 17.7. The summed E-state index contributed by atoms with van der Waals surface area (Å²) in [7, 11) is -4.34. The predicted octanol–water partition coefficient (Wildman–Crippen LogP) is 15.1. The van der Waals surface area contributed by atoms with Gasteiger partial charge in [-0.2, -0.15) is 0 Å². The summed E-state index contributed by atoms with van der Waals surface area (Å²) in [4.78, 5) is 22.8. The van der Waals surface area contributed by atoms with Crippen LogP contribution in [0.1, 0.15) is 271 Å². The van der Waals surface area contributed by atoms with Crippen molar-refractivity contribution in [1.29, 1.82) is 0 Å². The molecule has 0 radical (unpaired) electrons. The fraction of sp³-hybridized carbons (Fsp3) is 0.940. The van der Waals surface area contributed by atoms with E-state index in [4.69, 9.17) is 14.8 Å². The molecule has 0 aliphatic carbocycles. The van der Waals surface area contributed by atoms with E-state index in [2.05, 4.69) is 19.2 Å². The van der Waals surface area contributed by atoms with Gasteiger partial charge < -0.3 is 21.1 Å². The molecule has 8 nitrogen and oxygen atoms in total. The molecule has 0 aromatic carbocycles. The third-order valence-electron chi connectivity index (χ3n) is 11.9. The summed E-state index contributed by atoms with van der Waals surface area (Å²) >= 11 is 0. The van der Waals surface area contributed by atoms with Gasteiger partial charge in [0, 0.05) is 13.0 Å². The molecule has 0 aromatic rings. The van der Waals surface area contributed by atoms with E-state index in [1.54, 1.807) is 6.08 Å². The Bertz CT molecular complexity index is 937. The van der Waals surface area contributed by atoms with Crippen molar-refractivity contribution in [1.82, 2.24) is 5.32 Å². The molecule has 352 valence electrons. The van der Waals surface area contributed by atoms with Crippen LogP contribution < -0.4 is 11.1 Å². The van der Waals surface area contributed by atoms with E-state index in [1.165, 1.54) is 212 Å². The third-order valence-corrected chi connectivity index (χ3v) is 12.8. The molecule has 0 aliphatic rings. The molecule has 0 rings (SSSR count). The standard InChI is InChI=1S/C50H101N2O6P/c1-3-5-7-9-11-13-15-17-19-20-21-22-23-24-25-26-27-28-29-30-32-34-36-38-40-42-44-50(54)52-48(47-58-59(55,56)57-46-45-51)49(53)43-41-39-37-35-33-31-18-16-14-12-10-8-6-4-2/h41,43,48-49,53H,3-40,42,44-47,51H2,1-2H3,(H,52,54)(H,55,56)/b43-41+/t48-,49+/m0/s1. The lowest BCUT2D eigenvalue weighted by atomic mass is 10.0. The number of carbonyl (C=O) groups excluding carboxylic acids is 1. The van der Waals surface area contributed by atoms with Gasteiger partial charge in [-0.05, 0) is 19.3 Å². The minimum absolute atomic E-state index is 0.0815. The second-order valence-corrected chi connectivity index (χ2v) is 19.2. The molecule has 9 heteroatoms. The van der Waals surface area contributed by atoms with Gasteiger partial charge in [-0.3, -0.25) is 13.8 Å². The van der Waals surface area contributed by atoms with E-state index in [9.17, 15) is 19.4 Å². The number of allylic oxidation sites excluding steroid dienone is 1. The lowest BCUT2D eigenvalue weighted by Crippen LogP contribution is -2.45. The number of unbranched alkanes of at least 4 members (excludes halogenated alkanes) is 37.